The van der Waals surface area contributed by atoms with Gasteiger partial charge in [-0.05, 0) is 0 Å². The Morgan fingerprint density at radius 1 is 0.857 bits per heavy atom. The second-order valence-corrected chi connectivity index (χ2v) is 21.9. The third-order valence-corrected chi connectivity index (χ3v) is 23.0. The monoisotopic (exact) mass is 505 g/mol. The van der Waals surface area contributed by atoms with E-state index in [-0.39, 0.29) is 0 Å². The summed E-state index contributed by atoms with van der Waals surface area (Å²) in [5, 5.41) is 0. The molecule has 0 spiro atoms. The van der Waals surface area contributed by atoms with E-state index < -0.39 is 18.4 Å². The summed E-state index contributed by atoms with van der Waals surface area (Å²) in [5.41, 5.74) is 1.45. The van der Waals surface area contributed by atoms with Gasteiger partial charge < -0.3 is 0 Å². The molecule has 4 fully saturated rings. The second kappa shape index (κ2) is 9.47. The number of hydrogen-bond donors (Lipinski definition) is 0. The maximum absolute atomic E-state index is 2.93. The molecule has 0 amide bonds. The summed E-state index contributed by atoms with van der Waals surface area (Å²) in [5.74, 6) is 4.05. The van der Waals surface area contributed by atoms with Crippen LogP contribution in [0.3, 0.4) is 0 Å². The maximum atomic E-state index is 2.93. The van der Waals surface area contributed by atoms with Crippen molar-refractivity contribution in [2.75, 3.05) is 9.36 Å². The van der Waals surface area contributed by atoms with Crippen molar-refractivity contribution in [1.29, 1.82) is 0 Å². The van der Waals surface area contributed by atoms with Gasteiger partial charge in [0, 0.05) is 0 Å². The van der Waals surface area contributed by atoms with Crippen molar-refractivity contribution < 1.29 is 18.4 Å². The van der Waals surface area contributed by atoms with E-state index in [1.165, 1.54) is 14.3 Å². The molecule has 0 nitrogen and oxygen atoms in total. The molecular weight excluding hydrogens is 451 g/mol. The van der Waals surface area contributed by atoms with Crippen LogP contribution in [0, 0.1) is 34.5 Å². The Bertz CT molecular complexity index is 498. The molecule has 170 valence electrons. The van der Waals surface area contributed by atoms with E-state index in [4.69, 9.17) is 0 Å². The van der Waals surface area contributed by atoms with Gasteiger partial charge in [-0.15, -0.1) is 0 Å². The molecule has 2 aliphatic heterocycles. The van der Waals surface area contributed by atoms with E-state index >= 15 is 0 Å². The molecule has 4 aliphatic rings. The Hall–Kier alpha value is 0.730. The topological polar surface area (TPSA) is 0 Å². The van der Waals surface area contributed by atoms with Crippen LogP contribution in [0.2, 0.25) is 0 Å². The van der Waals surface area contributed by atoms with Crippen LogP contribution in [-0.2, 0) is 0 Å². The molecule has 0 N–H and O–H groups in total. The van der Waals surface area contributed by atoms with Crippen molar-refractivity contribution in [1.82, 2.24) is 0 Å². The van der Waals surface area contributed by atoms with Crippen LogP contribution >= 0.6 is 0 Å². The Morgan fingerprint density at radius 2 is 1.50 bits per heavy atom. The van der Waals surface area contributed by atoms with Crippen molar-refractivity contribution in [2.45, 2.75) is 122 Å². The van der Waals surface area contributed by atoms with E-state index in [0.29, 0.717) is 0 Å². The van der Waals surface area contributed by atoms with Crippen LogP contribution in [-0.4, -0.2) is 17.2 Å². The van der Waals surface area contributed by atoms with Crippen molar-refractivity contribution >= 4 is 0 Å². The third-order valence-electron chi connectivity index (χ3n) is 9.49. The zero-order valence-electron chi connectivity index (χ0n) is 21.2. The van der Waals surface area contributed by atoms with Gasteiger partial charge in [0.15, 0.2) is 0 Å². The molecule has 0 radical (unpaired) electrons. The van der Waals surface area contributed by atoms with Crippen LogP contribution in [0.15, 0.2) is 0 Å². The normalized spacial score (nSPS) is 51.9. The average Bonchev–Trinajstić information content (AvgIpc) is 3.03. The number of fused-ring (bicyclic) bond motifs is 5. The van der Waals surface area contributed by atoms with Gasteiger partial charge in [0.25, 0.3) is 0 Å². The Labute approximate surface area is 183 Å². The number of alkyl halides is 4. The fourth-order valence-electron chi connectivity index (χ4n) is 8.37. The van der Waals surface area contributed by atoms with Crippen LogP contribution in [0.5, 0.6) is 0 Å². The Balaban J connectivity index is 0.000000660. The molecule has 0 bridgehead atoms. The molecule has 2 aliphatic carbocycles. The number of hydrogen-bond acceptors (Lipinski definition) is 0. The predicted molar refractivity (Wildman–Crippen MR) is 125 cm³/mol. The van der Waals surface area contributed by atoms with Crippen LogP contribution in [0.1, 0.15) is 114 Å². The summed E-state index contributed by atoms with van der Waals surface area (Å²) >= 11 is -1.65. The third kappa shape index (κ3) is 3.97. The van der Waals surface area contributed by atoms with Gasteiger partial charge in [-0.2, -0.15) is 0 Å². The Kier molecular flexibility index (Phi) is 8.46. The zero-order chi connectivity index (χ0) is 21.3. The number of rotatable bonds is 1. The first kappa shape index (κ1) is 25.0. The van der Waals surface area contributed by atoms with Crippen LogP contribution in [0.25, 0.3) is 0 Å². The average molecular weight is 506 g/mol. The molecule has 2 heterocycles. The summed E-state index contributed by atoms with van der Waals surface area (Å²) in [7, 11) is 0. The summed E-state index contributed by atoms with van der Waals surface area (Å²) in [6, 6.07) is 0. The first-order valence-corrected chi connectivity index (χ1v) is 19.0. The minimum atomic E-state index is -1.65. The van der Waals surface area contributed by atoms with E-state index in [0.717, 1.165) is 34.5 Å². The first-order chi connectivity index (χ1) is 13.2. The van der Waals surface area contributed by atoms with Gasteiger partial charge in [-0.3, -0.25) is 0 Å². The standard InChI is InChI=1S/C23H42I.2C2H6/c1-16(2)18-9-10-21-23(18,5)12-11-20-19-8-7-17(3)15-22(19,4)13-14-24(20,21)6;2*1-2/h16-21H,7-15H2,1-6H3;2*1-2H3/q-1;;. The molecular formula is C27H54I-. The van der Waals surface area contributed by atoms with Crippen molar-refractivity contribution in [2.24, 2.45) is 34.5 Å². The van der Waals surface area contributed by atoms with Crippen LogP contribution < -0.4 is 18.4 Å². The zero-order valence-corrected chi connectivity index (χ0v) is 23.4. The van der Waals surface area contributed by atoms with Gasteiger partial charge in [-0.25, -0.2) is 0 Å². The quantitative estimate of drug-likeness (QED) is 0.336. The van der Waals surface area contributed by atoms with Crippen LogP contribution in [0.4, 0.5) is 0 Å². The van der Waals surface area contributed by atoms with Crippen molar-refractivity contribution in [3.63, 3.8) is 0 Å². The van der Waals surface area contributed by atoms with Gasteiger partial charge in [0.05, 0.1) is 0 Å². The van der Waals surface area contributed by atoms with E-state index in [1.807, 2.05) is 27.7 Å². The molecule has 0 aromatic carbocycles. The molecule has 28 heavy (non-hydrogen) atoms. The Morgan fingerprint density at radius 3 is 2.11 bits per heavy atom. The SMILES string of the molecule is CC.CC.CC1CCC2C3CCC4(C)C(C(C)C)CCC4[I-]3(C)CCC2(C)C1. The predicted octanol–water partition coefficient (Wildman–Crippen LogP) is 5.28. The summed E-state index contributed by atoms with van der Waals surface area (Å²) in [6.07, 6.45) is 12.6. The van der Waals surface area contributed by atoms with Crippen molar-refractivity contribution in [3.05, 3.63) is 0 Å². The van der Waals surface area contributed by atoms with Gasteiger partial charge in [0.1, 0.15) is 0 Å². The fourth-order valence-corrected chi connectivity index (χ4v) is 24.2. The molecule has 8 unspecified atom stereocenters. The summed E-state index contributed by atoms with van der Waals surface area (Å²) < 4.78 is 4.12. The molecule has 0 aromatic rings. The molecule has 4 rings (SSSR count). The van der Waals surface area contributed by atoms with Gasteiger partial charge in [-0.1, -0.05) is 27.7 Å². The van der Waals surface area contributed by atoms with Gasteiger partial charge in [0.2, 0.25) is 0 Å². The molecule has 1 heteroatoms. The fraction of sp³-hybridized carbons (Fsp3) is 1.00. The summed E-state index contributed by atoms with van der Waals surface area (Å²) in [4.78, 5) is 2.93. The molecule has 2 saturated heterocycles. The van der Waals surface area contributed by atoms with Gasteiger partial charge >= 0.3 is 156 Å². The first-order valence-electron chi connectivity index (χ1n) is 12.9. The minimum absolute atomic E-state index is 0.717. The van der Waals surface area contributed by atoms with E-state index in [1.54, 1.807) is 49.4 Å². The second-order valence-electron chi connectivity index (χ2n) is 11.2. The molecule has 8 atom stereocenters. The molecule has 2 saturated carbocycles. The van der Waals surface area contributed by atoms with E-state index in [2.05, 4.69) is 39.5 Å². The summed E-state index contributed by atoms with van der Waals surface area (Å²) in [6.45, 7) is 21.0. The molecule has 0 aromatic heterocycles. The van der Waals surface area contributed by atoms with E-state index in [9.17, 15) is 0 Å². The van der Waals surface area contributed by atoms with Crippen molar-refractivity contribution in [3.8, 4) is 0 Å². The number of halogens is 1.